The first-order valence-corrected chi connectivity index (χ1v) is 8.74. The first kappa shape index (κ1) is 14.3. The van der Waals surface area contributed by atoms with Gasteiger partial charge < -0.3 is 10.4 Å². The minimum atomic E-state index is -2.73. The van der Waals surface area contributed by atoms with Crippen LogP contribution >= 0.6 is 11.8 Å². The third-order valence-electron chi connectivity index (χ3n) is 2.68. The van der Waals surface area contributed by atoms with Crippen LogP contribution in [0.25, 0.3) is 0 Å². The Hall–Kier alpha value is 0.220. The third-order valence-corrected chi connectivity index (χ3v) is 5.47. The van der Waals surface area contributed by atoms with Crippen LogP contribution in [0.5, 0.6) is 0 Å². The van der Waals surface area contributed by atoms with Crippen LogP contribution < -0.4 is 5.32 Å². The summed E-state index contributed by atoms with van der Waals surface area (Å²) in [7, 11) is -2.73. The Morgan fingerprint density at radius 3 is 2.56 bits per heavy atom. The number of aliphatic hydroxyl groups excluding tert-OH is 1. The molecule has 0 radical (unpaired) electrons. The summed E-state index contributed by atoms with van der Waals surface area (Å²) >= 11 is 1.83. The van der Waals surface area contributed by atoms with E-state index in [2.05, 4.69) is 5.32 Å². The van der Waals surface area contributed by atoms with Crippen molar-refractivity contribution < 1.29 is 13.5 Å². The van der Waals surface area contributed by atoms with Crippen LogP contribution in [0.2, 0.25) is 0 Å². The van der Waals surface area contributed by atoms with E-state index in [0.717, 1.165) is 37.3 Å². The van der Waals surface area contributed by atoms with Crippen molar-refractivity contribution in [2.75, 3.05) is 36.2 Å². The molecule has 0 unspecified atom stereocenters. The maximum absolute atomic E-state index is 11.2. The van der Waals surface area contributed by atoms with Gasteiger partial charge in [0.05, 0.1) is 11.5 Å². The molecule has 1 aliphatic heterocycles. The zero-order chi connectivity index (χ0) is 11.9. The van der Waals surface area contributed by atoms with Gasteiger partial charge >= 0.3 is 0 Å². The molecule has 2 N–H and O–H groups in total. The molecule has 16 heavy (non-hydrogen) atoms. The molecule has 4 nitrogen and oxygen atoms in total. The van der Waals surface area contributed by atoms with Gasteiger partial charge in [-0.25, -0.2) is 8.42 Å². The molecule has 0 saturated carbocycles. The highest BCUT2D eigenvalue weighted by Gasteiger charge is 2.22. The molecule has 6 heteroatoms. The van der Waals surface area contributed by atoms with Crippen molar-refractivity contribution in [1.29, 1.82) is 0 Å². The van der Waals surface area contributed by atoms with E-state index < -0.39 is 9.84 Å². The molecule has 1 aliphatic rings. The van der Waals surface area contributed by atoms with E-state index in [4.69, 9.17) is 5.11 Å². The highest BCUT2D eigenvalue weighted by Crippen LogP contribution is 2.12. The van der Waals surface area contributed by atoms with E-state index in [0.29, 0.717) is 17.5 Å². The van der Waals surface area contributed by atoms with E-state index in [1.54, 1.807) is 0 Å². The lowest BCUT2D eigenvalue weighted by molar-refractivity contribution is 0.296. The fourth-order valence-electron chi connectivity index (χ4n) is 1.70. The van der Waals surface area contributed by atoms with Crippen LogP contribution in [0.3, 0.4) is 0 Å². The lowest BCUT2D eigenvalue weighted by Crippen LogP contribution is -2.38. The molecule has 1 fully saturated rings. The topological polar surface area (TPSA) is 66.4 Å². The van der Waals surface area contributed by atoms with E-state index >= 15 is 0 Å². The number of thioether (sulfide) groups is 1. The lowest BCUT2D eigenvalue weighted by atomic mass is 10.1. The molecule has 1 saturated heterocycles. The van der Waals surface area contributed by atoms with Crippen molar-refractivity contribution in [3.63, 3.8) is 0 Å². The lowest BCUT2D eigenvalue weighted by Gasteiger charge is -2.22. The van der Waals surface area contributed by atoms with Crippen molar-refractivity contribution in [3.8, 4) is 0 Å². The summed E-state index contributed by atoms with van der Waals surface area (Å²) in [6, 6.07) is 0.377. The second-order valence-corrected chi connectivity index (χ2v) is 7.60. The number of hydrogen-bond donors (Lipinski definition) is 2. The van der Waals surface area contributed by atoms with Crippen molar-refractivity contribution in [2.45, 2.75) is 25.3 Å². The zero-order valence-corrected chi connectivity index (χ0v) is 11.2. The van der Waals surface area contributed by atoms with Gasteiger partial charge in [-0.1, -0.05) is 0 Å². The van der Waals surface area contributed by atoms with Gasteiger partial charge in [-0.2, -0.15) is 11.8 Å². The Bertz CT molecular complexity index is 266. The van der Waals surface area contributed by atoms with Crippen molar-refractivity contribution in [3.05, 3.63) is 0 Å². The SMILES string of the molecule is O=S1(=O)CCC(NCCSCCCO)CC1. The Morgan fingerprint density at radius 1 is 1.25 bits per heavy atom. The maximum atomic E-state index is 11.2. The Kier molecular flexibility index (Phi) is 6.72. The number of hydrogen-bond acceptors (Lipinski definition) is 5. The summed E-state index contributed by atoms with van der Waals surface area (Å²) in [5.74, 6) is 2.70. The summed E-state index contributed by atoms with van der Waals surface area (Å²) in [4.78, 5) is 0. The summed E-state index contributed by atoms with van der Waals surface area (Å²) in [5.41, 5.74) is 0. The molecule has 0 aromatic heterocycles. The van der Waals surface area contributed by atoms with Gasteiger partial charge in [0.15, 0.2) is 0 Å². The molecule has 0 aliphatic carbocycles. The van der Waals surface area contributed by atoms with Crippen LogP contribution in [0.15, 0.2) is 0 Å². The Labute approximate surface area is 102 Å². The van der Waals surface area contributed by atoms with E-state index in [1.165, 1.54) is 0 Å². The molecule has 0 atom stereocenters. The van der Waals surface area contributed by atoms with Gasteiger partial charge in [0, 0.05) is 24.9 Å². The molecular weight excluding hydrogens is 246 g/mol. The molecule has 0 aromatic carbocycles. The predicted octanol–water partition coefficient (Wildman–Crippen LogP) is 0.269. The van der Waals surface area contributed by atoms with Crippen LogP contribution in [-0.2, 0) is 9.84 Å². The minimum absolute atomic E-state index is 0.265. The third kappa shape index (κ3) is 6.08. The highest BCUT2D eigenvalue weighted by atomic mass is 32.2. The second-order valence-electron chi connectivity index (χ2n) is 4.07. The maximum Gasteiger partial charge on any atom is 0.150 e. The van der Waals surface area contributed by atoms with Crippen molar-refractivity contribution in [2.24, 2.45) is 0 Å². The van der Waals surface area contributed by atoms with Crippen LogP contribution in [-0.4, -0.2) is 55.7 Å². The van der Waals surface area contributed by atoms with Crippen molar-refractivity contribution in [1.82, 2.24) is 5.32 Å². The highest BCUT2D eigenvalue weighted by molar-refractivity contribution is 7.99. The number of sulfone groups is 1. The summed E-state index contributed by atoms with van der Waals surface area (Å²) in [6.07, 6.45) is 2.36. The molecule has 0 bridgehead atoms. The van der Waals surface area contributed by atoms with Gasteiger partial charge in [0.2, 0.25) is 0 Å². The van der Waals surface area contributed by atoms with Gasteiger partial charge in [0.25, 0.3) is 0 Å². The first-order valence-electron chi connectivity index (χ1n) is 5.76. The van der Waals surface area contributed by atoms with E-state index in [1.807, 2.05) is 11.8 Å². The second kappa shape index (κ2) is 7.53. The predicted molar refractivity (Wildman–Crippen MR) is 68.7 cm³/mol. The van der Waals surface area contributed by atoms with Gasteiger partial charge in [0.1, 0.15) is 9.84 Å². The Balaban J connectivity index is 1.98. The average molecular weight is 267 g/mol. The smallest absolute Gasteiger partial charge is 0.150 e. The minimum Gasteiger partial charge on any atom is -0.396 e. The number of rotatable bonds is 7. The van der Waals surface area contributed by atoms with Crippen LogP contribution in [0.4, 0.5) is 0 Å². The fourth-order valence-corrected chi connectivity index (χ4v) is 3.99. The van der Waals surface area contributed by atoms with Gasteiger partial charge in [-0.15, -0.1) is 0 Å². The van der Waals surface area contributed by atoms with Gasteiger partial charge in [-0.3, -0.25) is 0 Å². The quantitative estimate of drug-likeness (QED) is 0.648. The Morgan fingerprint density at radius 2 is 1.94 bits per heavy atom. The molecular formula is C10H21NO3S2. The number of aliphatic hydroxyl groups is 1. The standard InChI is InChI=1S/C10H21NO3S2/c12-5-1-6-15-7-4-11-10-2-8-16(13,14)9-3-10/h10-12H,1-9H2. The monoisotopic (exact) mass is 267 g/mol. The molecule has 0 aromatic rings. The normalized spacial score (nSPS) is 21.1. The molecule has 1 rings (SSSR count). The average Bonchev–Trinajstić information content (AvgIpc) is 2.25. The zero-order valence-electron chi connectivity index (χ0n) is 9.52. The molecule has 0 amide bonds. The van der Waals surface area contributed by atoms with Crippen molar-refractivity contribution >= 4 is 21.6 Å². The molecule has 1 heterocycles. The van der Waals surface area contributed by atoms with E-state index in [-0.39, 0.29) is 6.61 Å². The molecule has 0 spiro atoms. The summed E-state index contributed by atoms with van der Waals surface area (Å²) in [5, 5.41) is 12.0. The van der Waals surface area contributed by atoms with Crippen LogP contribution in [0.1, 0.15) is 19.3 Å². The largest absolute Gasteiger partial charge is 0.396 e. The van der Waals surface area contributed by atoms with Crippen LogP contribution in [0, 0.1) is 0 Å². The van der Waals surface area contributed by atoms with E-state index in [9.17, 15) is 8.42 Å². The summed E-state index contributed by atoms with van der Waals surface area (Å²) in [6.45, 7) is 1.20. The fraction of sp³-hybridized carbons (Fsp3) is 1.00. The molecule has 96 valence electrons. The van der Waals surface area contributed by atoms with Gasteiger partial charge in [-0.05, 0) is 25.0 Å². The first-order chi connectivity index (χ1) is 7.64. The number of nitrogens with one attached hydrogen (secondary N) is 1. The summed E-state index contributed by atoms with van der Waals surface area (Å²) < 4.78 is 22.4.